The van der Waals surface area contributed by atoms with Crippen molar-refractivity contribution in [3.8, 4) is 11.5 Å². The molecule has 1 heterocycles. The Labute approximate surface area is 159 Å². The molecule has 0 unspecified atom stereocenters. The lowest BCUT2D eigenvalue weighted by Crippen LogP contribution is -2.35. The number of halogens is 1. The molecule has 0 spiro atoms. The number of ether oxygens (including phenoxy) is 2. The second kappa shape index (κ2) is 9.12. The molecule has 0 radical (unpaired) electrons. The highest BCUT2D eigenvalue weighted by Gasteiger charge is 2.20. The SMILES string of the molecule is CC(C)(C)C(=O)NCCCC(=O)NCc1cc(Cl)c2c(c1)OCCCO2. The monoisotopic (exact) mass is 382 g/mol. The molecule has 2 N–H and O–H groups in total. The minimum atomic E-state index is -0.418. The summed E-state index contributed by atoms with van der Waals surface area (Å²) in [6.07, 6.45) is 1.75. The number of nitrogens with one attached hydrogen (secondary N) is 2. The first-order valence-electron chi connectivity index (χ1n) is 8.90. The highest BCUT2D eigenvalue weighted by atomic mass is 35.5. The minimum Gasteiger partial charge on any atom is -0.489 e. The van der Waals surface area contributed by atoms with E-state index in [2.05, 4.69) is 10.6 Å². The molecule has 1 aromatic carbocycles. The Bertz CT molecular complexity index is 656. The van der Waals surface area contributed by atoms with E-state index in [1.54, 1.807) is 6.07 Å². The molecule has 1 aliphatic heterocycles. The number of hydrogen-bond acceptors (Lipinski definition) is 4. The van der Waals surface area contributed by atoms with Gasteiger partial charge < -0.3 is 20.1 Å². The van der Waals surface area contributed by atoms with Crippen LogP contribution < -0.4 is 20.1 Å². The van der Waals surface area contributed by atoms with Crippen LogP contribution in [0.25, 0.3) is 0 Å². The molecular formula is C19H27ClN2O4. The van der Waals surface area contributed by atoms with Crippen LogP contribution in [0.4, 0.5) is 0 Å². The topological polar surface area (TPSA) is 76.7 Å². The fraction of sp³-hybridized carbons (Fsp3) is 0.579. The number of fused-ring (bicyclic) bond motifs is 1. The van der Waals surface area contributed by atoms with Crippen molar-refractivity contribution in [1.29, 1.82) is 0 Å². The van der Waals surface area contributed by atoms with E-state index in [0.29, 0.717) is 55.7 Å². The molecule has 1 aliphatic rings. The number of benzene rings is 1. The van der Waals surface area contributed by atoms with Crippen LogP contribution in [0.15, 0.2) is 12.1 Å². The molecule has 2 amide bonds. The lowest BCUT2D eigenvalue weighted by Gasteiger charge is -2.17. The lowest BCUT2D eigenvalue weighted by atomic mass is 9.96. The van der Waals surface area contributed by atoms with E-state index in [1.165, 1.54) is 0 Å². The van der Waals surface area contributed by atoms with E-state index in [9.17, 15) is 9.59 Å². The second-order valence-corrected chi connectivity index (χ2v) is 7.75. The van der Waals surface area contributed by atoms with Crippen LogP contribution in [0.5, 0.6) is 11.5 Å². The Balaban J connectivity index is 1.76. The van der Waals surface area contributed by atoms with E-state index >= 15 is 0 Å². The molecule has 1 aromatic rings. The summed E-state index contributed by atoms with van der Waals surface area (Å²) in [6, 6.07) is 3.62. The summed E-state index contributed by atoms with van der Waals surface area (Å²) in [5.41, 5.74) is 0.437. The van der Waals surface area contributed by atoms with Gasteiger partial charge in [0.05, 0.1) is 18.2 Å². The number of rotatable bonds is 6. The zero-order chi connectivity index (χ0) is 19.2. The average molecular weight is 383 g/mol. The number of hydrogen-bond donors (Lipinski definition) is 2. The van der Waals surface area contributed by atoms with E-state index < -0.39 is 5.41 Å². The summed E-state index contributed by atoms with van der Waals surface area (Å²) in [6.45, 7) is 7.58. The van der Waals surface area contributed by atoms with Gasteiger partial charge in [0.25, 0.3) is 0 Å². The van der Waals surface area contributed by atoms with Crippen LogP contribution in [0.2, 0.25) is 5.02 Å². The van der Waals surface area contributed by atoms with Crippen molar-refractivity contribution in [3.63, 3.8) is 0 Å². The van der Waals surface area contributed by atoms with Gasteiger partial charge in [0.2, 0.25) is 11.8 Å². The van der Waals surface area contributed by atoms with Crippen molar-refractivity contribution in [2.45, 2.75) is 46.6 Å². The third-order valence-electron chi connectivity index (χ3n) is 3.90. The Kier molecular flexibility index (Phi) is 7.14. The highest BCUT2D eigenvalue weighted by Crippen LogP contribution is 2.37. The Morgan fingerprint density at radius 3 is 2.62 bits per heavy atom. The second-order valence-electron chi connectivity index (χ2n) is 7.34. The van der Waals surface area contributed by atoms with Crippen molar-refractivity contribution < 1.29 is 19.1 Å². The lowest BCUT2D eigenvalue weighted by molar-refractivity contribution is -0.128. The molecule has 0 atom stereocenters. The molecule has 0 aromatic heterocycles. The maximum atomic E-state index is 12.0. The zero-order valence-corrected chi connectivity index (χ0v) is 16.4. The molecule has 26 heavy (non-hydrogen) atoms. The van der Waals surface area contributed by atoms with Gasteiger partial charge in [0.1, 0.15) is 0 Å². The summed E-state index contributed by atoms with van der Waals surface area (Å²) in [5, 5.41) is 6.18. The van der Waals surface area contributed by atoms with Crippen molar-refractivity contribution in [1.82, 2.24) is 10.6 Å². The third-order valence-corrected chi connectivity index (χ3v) is 4.18. The Hall–Kier alpha value is -1.95. The van der Waals surface area contributed by atoms with Gasteiger partial charge in [0, 0.05) is 31.3 Å². The fourth-order valence-electron chi connectivity index (χ4n) is 2.39. The van der Waals surface area contributed by atoms with Crippen LogP contribution in [0.3, 0.4) is 0 Å². The number of carbonyl (C=O) groups excluding carboxylic acids is 2. The molecular weight excluding hydrogens is 356 g/mol. The highest BCUT2D eigenvalue weighted by molar-refractivity contribution is 6.32. The molecule has 0 aliphatic carbocycles. The first-order chi connectivity index (χ1) is 12.3. The molecule has 7 heteroatoms. The van der Waals surface area contributed by atoms with Gasteiger partial charge in [-0.1, -0.05) is 32.4 Å². The quantitative estimate of drug-likeness (QED) is 0.741. The average Bonchev–Trinajstić information content (AvgIpc) is 2.81. The van der Waals surface area contributed by atoms with Gasteiger partial charge in [-0.25, -0.2) is 0 Å². The van der Waals surface area contributed by atoms with E-state index in [1.807, 2.05) is 26.8 Å². The normalized spacial score (nSPS) is 13.7. The van der Waals surface area contributed by atoms with E-state index in [4.69, 9.17) is 21.1 Å². The zero-order valence-electron chi connectivity index (χ0n) is 15.6. The van der Waals surface area contributed by atoms with Crippen LogP contribution in [0.1, 0.15) is 45.6 Å². The molecule has 0 saturated carbocycles. The predicted octanol–water partition coefficient (Wildman–Crippen LogP) is 3.06. The van der Waals surface area contributed by atoms with E-state index in [-0.39, 0.29) is 11.8 Å². The molecule has 144 valence electrons. The number of amides is 2. The summed E-state index contributed by atoms with van der Waals surface area (Å²) in [4.78, 5) is 23.7. The standard InChI is InChI=1S/C19H27ClN2O4/c1-19(2,3)18(24)21-7-4-6-16(23)22-12-13-10-14(20)17-15(11-13)25-8-5-9-26-17/h10-11H,4-9,12H2,1-3H3,(H,21,24)(H,22,23). The molecule has 0 saturated heterocycles. The first kappa shape index (κ1) is 20.4. The first-order valence-corrected chi connectivity index (χ1v) is 9.28. The van der Waals surface area contributed by atoms with Crippen molar-refractivity contribution in [3.05, 3.63) is 22.7 Å². The summed E-state index contributed by atoms with van der Waals surface area (Å²) < 4.78 is 11.2. The van der Waals surface area contributed by atoms with Crippen LogP contribution in [-0.4, -0.2) is 31.6 Å². The van der Waals surface area contributed by atoms with Crippen LogP contribution in [-0.2, 0) is 16.1 Å². The molecule has 0 bridgehead atoms. The summed E-state index contributed by atoms with van der Waals surface area (Å²) in [5.74, 6) is 1.09. The molecule has 0 fully saturated rings. The predicted molar refractivity (Wildman–Crippen MR) is 101 cm³/mol. The maximum absolute atomic E-state index is 12.0. The van der Waals surface area contributed by atoms with Gasteiger partial charge in [-0.05, 0) is 24.1 Å². The van der Waals surface area contributed by atoms with Crippen molar-refractivity contribution >= 4 is 23.4 Å². The van der Waals surface area contributed by atoms with Gasteiger partial charge >= 0.3 is 0 Å². The fourth-order valence-corrected chi connectivity index (χ4v) is 2.68. The summed E-state index contributed by atoms with van der Waals surface area (Å²) >= 11 is 6.25. The largest absolute Gasteiger partial charge is 0.489 e. The van der Waals surface area contributed by atoms with Gasteiger partial charge in [0.15, 0.2) is 11.5 Å². The molecule has 6 nitrogen and oxygen atoms in total. The van der Waals surface area contributed by atoms with Crippen LogP contribution >= 0.6 is 11.6 Å². The Morgan fingerprint density at radius 2 is 1.88 bits per heavy atom. The maximum Gasteiger partial charge on any atom is 0.225 e. The summed E-state index contributed by atoms with van der Waals surface area (Å²) in [7, 11) is 0. The van der Waals surface area contributed by atoms with Gasteiger partial charge in [-0.2, -0.15) is 0 Å². The smallest absolute Gasteiger partial charge is 0.225 e. The molecule has 2 rings (SSSR count). The van der Waals surface area contributed by atoms with Crippen molar-refractivity contribution in [2.24, 2.45) is 5.41 Å². The van der Waals surface area contributed by atoms with Gasteiger partial charge in [-0.15, -0.1) is 0 Å². The van der Waals surface area contributed by atoms with Crippen molar-refractivity contribution in [2.75, 3.05) is 19.8 Å². The van der Waals surface area contributed by atoms with Gasteiger partial charge in [-0.3, -0.25) is 9.59 Å². The number of carbonyl (C=O) groups is 2. The Morgan fingerprint density at radius 1 is 1.15 bits per heavy atom. The van der Waals surface area contributed by atoms with E-state index in [0.717, 1.165) is 12.0 Å². The van der Waals surface area contributed by atoms with Crippen LogP contribution in [0, 0.1) is 5.41 Å². The third kappa shape index (κ3) is 6.09. The minimum absolute atomic E-state index is 0.0141.